The zero-order valence-corrected chi connectivity index (χ0v) is 26.6. The van der Waals surface area contributed by atoms with Crippen LogP contribution in [0, 0.1) is 0 Å². The topological polar surface area (TPSA) is 106 Å². The number of methoxy groups -OCH3 is 1. The molecule has 1 atom stereocenters. The number of ether oxygens (including phenoxy) is 2. The number of amides is 3. The zero-order valence-electron chi connectivity index (χ0n) is 25.8. The first-order valence-electron chi connectivity index (χ1n) is 14.8. The second-order valence-corrected chi connectivity index (χ2v) is 11.7. The smallest absolute Gasteiger partial charge is 0.272 e. The molecule has 3 N–H and O–H groups in total. The summed E-state index contributed by atoms with van der Waals surface area (Å²) in [7, 11) is 1.56. The third-order valence-corrected chi connectivity index (χ3v) is 7.90. The van der Waals surface area contributed by atoms with Gasteiger partial charge in [0.05, 0.1) is 12.4 Å². The first-order valence-corrected chi connectivity index (χ1v) is 15.7. The van der Waals surface area contributed by atoms with Gasteiger partial charge in [-0.05, 0) is 97.4 Å². The first-order chi connectivity index (χ1) is 22.9. The van der Waals surface area contributed by atoms with Gasteiger partial charge in [0.15, 0.2) is 0 Å². The highest BCUT2D eigenvalue weighted by atomic mass is 32.2. The van der Waals surface area contributed by atoms with E-state index in [9.17, 15) is 14.4 Å². The summed E-state index contributed by atoms with van der Waals surface area (Å²) in [6, 6.07) is 39.6. The SMILES string of the molecule is COc1cccc(/C=C(\NC(=O)c2ccccc2)C(=O)Nc2cccc(SC(C)C(=O)Nc3ccc(Oc4ccccc4)cc3)c2)c1. The fraction of sp³-hybridized carbons (Fsp3) is 0.0789. The average molecular weight is 644 g/mol. The third kappa shape index (κ3) is 9.59. The lowest BCUT2D eigenvalue weighted by molar-refractivity contribution is -0.115. The predicted octanol–water partition coefficient (Wildman–Crippen LogP) is 8.02. The van der Waals surface area contributed by atoms with Crippen LogP contribution in [-0.4, -0.2) is 30.1 Å². The minimum atomic E-state index is -0.510. The third-order valence-electron chi connectivity index (χ3n) is 6.81. The molecule has 8 nitrogen and oxygen atoms in total. The van der Waals surface area contributed by atoms with Gasteiger partial charge >= 0.3 is 0 Å². The van der Waals surface area contributed by atoms with Crippen LogP contribution in [0.2, 0.25) is 0 Å². The fourth-order valence-corrected chi connectivity index (χ4v) is 5.34. The van der Waals surface area contributed by atoms with Gasteiger partial charge in [-0.1, -0.05) is 54.6 Å². The molecule has 0 aliphatic heterocycles. The molecule has 5 rings (SSSR count). The van der Waals surface area contributed by atoms with E-state index < -0.39 is 17.1 Å². The number of hydrogen-bond donors (Lipinski definition) is 3. The van der Waals surface area contributed by atoms with Crippen molar-refractivity contribution in [3.63, 3.8) is 0 Å². The summed E-state index contributed by atoms with van der Waals surface area (Å²) in [5.41, 5.74) is 2.30. The standard InChI is InChI=1S/C38H33N3O5S/c1-26(36(42)39-29-19-21-32(22-20-29)46-31-15-7-4-8-16-31)47-34-18-10-14-30(25-34)40-38(44)35(24-27-11-9-17-33(23-27)45-2)41-37(43)28-12-5-3-6-13-28/h3-26H,1-2H3,(H,39,42)(H,40,44)(H,41,43)/b35-24-. The Morgan fingerprint density at radius 1 is 0.681 bits per heavy atom. The van der Waals surface area contributed by atoms with Crippen LogP contribution in [0.15, 0.2) is 144 Å². The second-order valence-electron chi connectivity index (χ2n) is 10.3. The maximum Gasteiger partial charge on any atom is 0.272 e. The van der Waals surface area contributed by atoms with Crippen molar-refractivity contribution in [2.75, 3.05) is 17.7 Å². The van der Waals surface area contributed by atoms with Crippen molar-refractivity contribution in [2.24, 2.45) is 0 Å². The summed E-state index contributed by atoms with van der Waals surface area (Å²) < 4.78 is 11.1. The van der Waals surface area contributed by atoms with Gasteiger partial charge in [-0.3, -0.25) is 14.4 Å². The normalized spacial score (nSPS) is 11.6. The van der Waals surface area contributed by atoms with Gasteiger partial charge in [-0.25, -0.2) is 0 Å². The van der Waals surface area contributed by atoms with Gasteiger partial charge in [0, 0.05) is 21.8 Å². The van der Waals surface area contributed by atoms with Gasteiger partial charge in [0.1, 0.15) is 22.9 Å². The molecular weight excluding hydrogens is 611 g/mol. The molecule has 0 aliphatic carbocycles. The van der Waals surface area contributed by atoms with Crippen LogP contribution in [0.4, 0.5) is 11.4 Å². The summed E-state index contributed by atoms with van der Waals surface area (Å²) in [6.45, 7) is 1.81. The molecule has 47 heavy (non-hydrogen) atoms. The van der Waals surface area contributed by atoms with Crippen molar-refractivity contribution in [2.45, 2.75) is 17.1 Å². The number of nitrogens with one attached hydrogen (secondary N) is 3. The van der Waals surface area contributed by atoms with Crippen LogP contribution in [-0.2, 0) is 9.59 Å². The molecule has 0 bridgehead atoms. The van der Waals surface area contributed by atoms with Crippen molar-refractivity contribution in [1.29, 1.82) is 0 Å². The number of carbonyl (C=O) groups is 3. The Hall–Kier alpha value is -5.80. The molecule has 0 radical (unpaired) electrons. The number of carbonyl (C=O) groups excluding carboxylic acids is 3. The maximum atomic E-state index is 13.5. The van der Waals surface area contributed by atoms with Gasteiger partial charge < -0.3 is 25.4 Å². The van der Waals surface area contributed by atoms with Crippen LogP contribution in [0.1, 0.15) is 22.8 Å². The number of hydrogen-bond acceptors (Lipinski definition) is 6. The van der Waals surface area contributed by atoms with Crippen LogP contribution in [0.25, 0.3) is 6.08 Å². The lowest BCUT2D eigenvalue weighted by atomic mass is 10.1. The van der Waals surface area contributed by atoms with E-state index in [-0.39, 0.29) is 11.6 Å². The lowest BCUT2D eigenvalue weighted by Gasteiger charge is -2.14. The van der Waals surface area contributed by atoms with Crippen molar-refractivity contribution in [1.82, 2.24) is 5.32 Å². The Morgan fingerprint density at radius 2 is 1.34 bits per heavy atom. The Balaban J connectivity index is 1.23. The molecule has 0 fully saturated rings. The summed E-state index contributed by atoms with van der Waals surface area (Å²) in [4.78, 5) is 40.3. The average Bonchev–Trinajstić information content (AvgIpc) is 3.10. The Kier molecular flexibility index (Phi) is 11.1. The van der Waals surface area contributed by atoms with E-state index in [0.717, 1.165) is 10.6 Å². The van der Waals surface area contributed by atoms with Crippen molar-refractivity contribution in [3.05, 3.63) is 150 Å². The number of para-hydroxylation sites is 1. The van der Waals surface area contributed by atoms with Crippen molar-refractivity contribution < 1.29 is 23.9 Å². The molecule has 3 amide bonds. The fourth-order valence-electron chi connectivity index (χ4n) is 4.42. The highest BCUT2D eigenvalue weighted by Crippen LogP contribution is 2.28. The summed E-state index contributed by atoms with van der Waals surface area (Å²) in [5, 5.41) is 8.12. The van der Waals surface area contributed by atoms with Crippen molar-refractivity contribution >= 4 is 46.9 Å². The van der Waals surface area contributed by atoms with E-state index >= 15 is 0 Å². The van der Waals surface area contributed by atoms with E-state index in [0.29, 0.717) is 34.0 Å². The summed E-state index contributed by atoms with van der Waals surface area (Å²) in [5.74, 6) is 0.908. The highest BCUT2D eigenvalue weighted by Gasteiger charge is 2.18. The second kappa shape index (κ2) is 16.0. The first kappa shape index (κ1) is 32.6. The molecule has 1 unspecified atom stereocenters. The summed E-state index contributed by atoms with van der Waals surface area (Å²) >= 11 is 1.35. The molecule has 0 aromatic heterocycles. The minimum Gasteiger partial charge on any atom is -0.497 e. The Morgan fingerprint density at radius 3 is 2.06 bits per heavy atom. The maximum absolute atomic E-state index is 13.5. The van der Waals surface area contributed by atoms with E-state index in [1.54, 1.807) is 104 Å². The summed E-state index contributed by atoms with van der Waals surface area (Å²) in [6.07, 6.45) is 1.59. The predicted molar refractivity (Wildman–Crippen MR) is 187 cm³/mol. The molecule has 0 saturated carbocycles. The monoisotopic (exact) mass is 643 g/mol. The largest absolute Gasteiger partial charge is 0.497 e. The number of thioether (sulfide) groups is 1. The van der Waals surface area contributed by atoms with Gasteiger partial charge in [0.25, 0.3) is 11.8 Å². The van der Waals surface area contributed by atoms with Gasteiger partial charge in [0.2, 0.25) is 5.91 Å². The zero-order chi connectivity index (χ0) is 33.0. The number of anilines is 2. The molecule has 0 spiro atoms. The molecule has 0 saturated heterocycles. The van der Waals surface area contributed by atoms with Crippen molar-refractivity contribution in [3.8, 4) is 17.2 Å². The Bertz CT molecular complexity index is 1860. The molecule has 5 aromatic carbocycles. The van der Waals surface area contributed by atoms with Crippen LogP contribution >= 0.6 is 11.8 Å². The number of rotatable bonds is 12. The van der Waals surface area contributed by atoms with Gasteiger partial charge in [-0.2, -0.15) is 0 Å². The molecule has 5 aromatic rings. The molecule has 0 aliphatic rings. The quantitative estimate of drug-likeness (QED) is 0.0940. The van der Waals surface area contributed by atoms with Crippen LogP contribution < -0.4 is 25.4 Å². The van der Waals surface area contributed by atoms with Crippen LogP contribution in [0.3, 0.4) is 0 Å². The molecule has 236 valence electrons. The van der Waals surface area contributed by atoms with Gasteiger partial charge in [-0.15, -0.1) is 11.8 Å². The van der Waals surface area contributed by atoms with Crippen LogP contribution in [0.5, 0.6) is 17.2 Å². The lowest BCUT2D eigenvalue weighted by Crippen LogP contribution is -2.30. The van der Waals surface area contributed by atoms with E-state index in [1.165, 1.54) is 11.8 Å². The molecule has 0 heterocycles. The van der Waals surface area contributed by atoms with E-state index in [2.05, 4.69) is 16.0 Å². The highest BCUT2D eigenvalue weighted by molar-refractivity contribution is 8.00. The molecule has 9 heteroatoms. The molecular formula is C38H33N3O5S. The van der Waals surface area contributed by atoms with E-state index in [1.807, 2.05) is 49.4 Å². The van der Waals surface area contributed by atoms with E-state index in [4.69, 9.17) is 9.47 Å². The minimum absolute atomic E-state index is 0.0538. The Labute approximate surface area is 277 Å². The number of benzene rings is 5.